The second-order valence-corrected chi connectivity index (χ2v) is 5.75. The Morgan fingerprint density at radius 3 is 2.38 bits per heavy atom. The summed E-state index contributed by atoms with van der Waals surface area (Å²) in [6.45, 7) is 2.02. The molecule has 21 heavy (non-hydrogen) atoms. The molecule has 1 unspecified atom stereocenters. The third kappa shape index (κ3) is 4.11. The van der Waals surface area contributed by atoms with Crippen molar-refractivity contribution in [2.75, 3.05) is 5.32 Å². The molecule has 1 aliphatic carbocycles. The number of rotatable bonds is 4. The molecule has 0 bridgehead atoms. The minimum atomic E-state index is -4.51. The predicted octanol–water partition coefficient (Wildman–Crippen LogP) is 5.62. The lowest BCUT2D eigenvalue weighted by Gasteiger charge is -2.31. The van der Waals surface area contributed by atoms with Crippen molar-refractivity contribution >= 4 is 5.69 Å². The first-order chi connectivity index (χ1) is 9.91. The SMILES string of the molecule is CCC(Nc1ccc(C(F)(F)F)cc1F)C1CCCCC1. The molecular weight excluding hydrogens is 282 g/mol. The van der Waals surface area contributed by atoms with Crippen molar-refractivity contribution in [2.24, 2.45) is 5.92 Å². The van der Waals surface area contributed by atoms with Crippen LogP contribution in [0.2, 0.25) is 0 Å². The van der Waals surface area contributed by atoms with Crippen LogP contribution in [0.15, 0.2) is 18.2 Å². The van der Waals surface area contributed by atoms with Crippen LogP contribution in [-0.2, 0) is 6.18 Å². The van der Waals surface area contributed by atoms with Gasteiger partial charge in [0.1, 0.15) is 5.82 Å². The van der Waals surface area contributed by atoms with Gasteiger partial charge in [0.05, 0.1) is 11.3 Å². The van der Waals surface area contributed by atoms with Gasteiger partial charge in [-0.1, -0.05) is 26.2 Å². The Bertz CT molecular complexity index is 464. The van der Waals surface area contributed by atoms with Crippen LogP contribution in [0.1, 0.15) is 51.0 Å². The quantitative estimate of drug-likeness (QED) is 0.712. The predicted molar refractivity (Wildman–Crippen MR) is 75.7 cm³/mol. The maximum atomic E-state index is 13.9. The second-order valence-electron chi connectivity index (χ2n) is 5.75. The van der Waals surface area contributed by atoms with Crippen molar-refractivity contribution in [1.82, 2.24) is 0 Å². The van der Waals surface area contributed by atoms with Gasteiger partial charge < -0.3 is 5.32 Å². The van der Waals surface area contributed by atoms with E-state index in [-0.39, 0.29) is 11.7 Å². The molecule has 2 rings (SSSR count). The fraction of sp³-hybridized carbons (Fsp3) is 0.625. The first-order valence-corrected chi connectivity index (χ1v) is 7.55. The molecular formula is C16H21F4N. The number of benzene rings is 1. The van der Waals surface area contributed by atoms with E-state index < -0.39 is 17.6 Å². The molecule has 0 radical (unpaired) electrons. The van der Waals surface area contributed by atoms with Gasteiger partial charge in [-0.2, -0.15) is 13.2 Å². The summed E-state index contributed by atoms with van der Waals surface area (Å²) in [4.78, 5) is 0. The summed E-state index contributed by atoms with van der Waals surface area (Å²) < 4.78 is 51.5. The molecule has 1 nitrogen and oxygen atoms in total. The lowest BCUT2D eigenvalue weighted by atomic mass is 9.83. The highest BCUT2D eigenvalue weighted by Crippen LogP contribution is 2.33. The van der Waals surface area contributed by atoms with Gasteiger partial charge in [0, 0.05) is 6.04 Å². The minimum Gasteiger partial charge on any atom is -0.380 e. The summed E-state index contributed by atoms with van der Waals surface area (Å²) in [5, 5.41) is 3.10. The van der Waals surface area contributed by atoms with Crippen LogP contribution in [0.25, 0.3) is 0 Å². The third-order valence-electron chi connectivity index (χ3n) is 4.30. The van der Waals surface area contributed by atoms with Gasteiger partial charge >= 0.3 is 6.18 Å². The van der Waals surface area contributed by atoms with Crippen LogP contribution < -0.4 is 5.32 Å². The summed E-state index contributed by atoms with van der Waals surface area (Å²) in [5.74, 6) is -0.357. The van der Waals surface area contributed by atoms with Gasteiger partial charge in [0.2, 0.25) is 0 Å². The van der Waals surface area contributed by atoms with E-state index in [9.17, 15) is 17.6 Å². The Balaban J connectivity index is 2.10. The summed E-state index contributed by atoms with van der Waals surface area (Å²) >= 11 is 0. The summed E-state index contributed by atoms with van der Waals surface area (Å²) in [6, 6.07) is 2.81. The molecule has 1 atom stereocenters. The van der Waals surface area contributed by atoms with Crippen LogP contribution in [0.4, 0.5) is 23.2 Å². The van der Waals surface area contributed by atoms with Gasteiger partial charge in [0.15, 0.2) is 0 Å². The minimum absolute atomic E-state index is 0.122. The van der Waals surface area contributed by atoms with Gasteiger partial charge in [-0.15, -0.1) is 0 Å². The molecule has 1 N–H and O–H groups in total. The fourth-order valence-electron chi connectivity index (χ4n) is 3.10. The number of alkyl halides is 3. The fourth-order valence-corrected chi connectivity index (χ4v) is 3.10. The first-order valence-electron chi connectivity index (χ1n) is 7.55. The van der Waals surface area contributed by atoms with Crippen molar-refractivity contribution in [3.8, 4) is 0 Å². The molecule has 5 heteroatoms. The molecule has 0 saturated heterocycles. The highest BCUT2D eigenvalue weighted by molar-refractivity contribution is 5.47. The highest BCUT2D eigenvalue weighted by Gasteiger charge is 2.31. The number of anilines is 1. The van der Waals surface area contributed by atoms with Gasteiger partial charge in [0.25, 0.3) is 0 Å². The first kappa shape index (κ1) is 16.1. The summed E-state index contributed by atoms with van der Waals surface area (Å²) in [5.41, 5.74) is -0.781. The number of hydrogen-bond acceptors (Lipinski definition) is 1. The molecule has 1 aromatic rings. The Morgan fingerprint density at radius 1 is 1.19 bits per heavy atom. The zero-order valence-electron chi connectivity index (χ0n) is 12.1. The van der Waals surface area contributed by atoms with E-state index in [1.807, 2.05) is 6.92 Å². The average molecular weight is 303 g/mol. The average Bonchev–Trinajstić information content (AvgIpc) is 2.46. The van der Waals surface area contributed by atoms with Crippen molar-refractivity contribution in [2.45, 2.75) is 57.7 Å². The third-order valence-corrected chi connectivity index (χ3v) is 4.30. The van der Waals surface area contributed by atoms with E-state index in [2.05, 4.69) is 5.32 Å². The van der Waals surface area contributed by atoms with E-state index in [4.69, 9.17) is 0 Å². The van der Waals surface area contributed by atoms with Crippen molar-refractivity contribution in [3.05, 3.63) is 29.6 Å². The molecule has 1 aromatic carbocycles. The lowest BCUT2D eigenvalue weighted by molar-refractivity contribution is -0.137. The van der Waals surface area contributed by atoms with Gasteiger partial charge in [-0.25, -0.2) is 4.39 Å². The number of hydrogen-bond donors (Lipinski definition) is 1. The van der Waals surface area contributed by atoms with E-state index >= 15 is 0 Å². The molecule has 0 heterocycles. The Kier molecular flexibility index (Phi) is 5.12. The molecule has 0 spiro atoms. The van der Waals surface area contributed by atoms with Crippen LogP contribution in [0.3, 0.4) is 0 Å². The van der Waals surface area contributed by atoms with Gasteiger partial charge in [-0.3, -0.25) is 0 Å². The zero-order valence-corrected chi connectivity index (χ0v) is 12.1. The molecule has 0 aromatic heterocycles. The number of nitrogens with one attached hydrogen (secondary N) is 1. The van der Waals surface area contributed by atoms with Crippen molar-refractivity contribution in [3.63, 3.8) is 0 Å². The molecule has 118 valence electrons. The topological polar surface area (TPSA) is 12.0 Å². The summed E-state index contributed by atoms with van der Waals surface area (Å²) in [6.07, 6.45) is 2.14. The van der Waals surface area contributed by atoms with Gasteiger partial charge in [-0.05, 0) is 43.4 Å². The van der Waals surface area contributed by atoms with Crippen LogP contribution >= 0.6 is 0 Å². The summed E-state index contributed by atoms with van der Waals surface area (Å²) in [7, 11) is 0. The smallest absolute Gasteiger partial charge is 0.380 e. The van der Waals surface area contributed by atoms with Crippen LogP contribution in [-0.4, -0.2) is 6.04 Å². The van der Waals surface area contributed by atoms with E-state index in [1.165, 1.54) is 25.3 Å². The van der Waals surface area contributed by atoms with Crippen molar-refractivity contribution < 1.29 is 17.6 Å². The van der Waals surface area contributed by atoms with E-state index in [1.54, 1.807) is 0 Å². The van der Waals surface area contributed by atoms with Crippen LogP contribution in [0.5, 0.6) is 0 Å². The molecule has 0 amide bonds. The standard InChI is InChI=1S/C16H21F4N/c1-2-14(11-6-4-3-5-7-11)21-15-9-8-12(10-13(15)17)16(18,19)20/h8-11,14,21H,2-7H2,1H3. The largest absolute Gasteiger partial charge is 0.416 e. The Morgan fingerprint density at radius 2 is 1.86 bits per heavy atom. The zero-order chi connectivity index (χ0) is 15.5. The normalized spacial score (nSPS) is 18.5. The second kappa shape index (κ2) is 6.67. The van der Waals surface area contributed by atoms with E-state index in [0.29, 0.717) is 12.0 Å². The maximum absolute atomic E-state index is 13.9. The van der Waals surface area contributed by atoms with Crippen molar-refractivity contribution in [1.29, 1.82) is 0 Å². The molecule has 1 saturated carbocycles. The lowest BCUT2D eigenvalue weighted by Crippen LogP contribution is -2.30. The molecule has 1 aliphatic rings. The van der Waals surface area contributed by atoms with Crippen LogP contribution in [0, 0.1) is 11.7 Å². The monoisotopic (exact) mass is 303 g/mol. The molecule has 1 fully saturated rings. The Hall–Kier alpha value is -1.26. The maximum Gasteiger partial charge on any atom is 0.416 e. The number of halogens is 4. The Labute approximate surface area is 122 Å². The molecule has 0 aliphatic heterocycles. The highest BCUT2D eigenvalue weighted by atomic mass is 19.4. The van der Waals surface area contributed by atoms with E-state index in [0.717, 1.165) is 25.3 Å².